The number of nitrogens with one attached hydrogen (secondary N) is 1. The maximum absolute atomic E-state index is 13.6. The van der Waals surface area contributed by atoms with Gasteiger partial charge in [-0.15, -0.1) is 0 Å². The minimum atomic E-state index is -0.300. The Balaban J connectivity index is 1.60. The highest BCUT2D eigenvalue weighted by Crippen LogP contribution is 2.58. The Bertz CT molecular complexity index is 661. The topological polar surface area (TPSA) is 34.1 Å². The summed E-state index contributed by atoms with van der Waals surface area (Å²) in [5.41, 5.74) is 1.86. The number of fused-ring (bicyclic) bond motifs is 1. The summed E-state index contributed by atoms with van der Waals surface area (Å²) in [6.45, 7) is 1.44. The van der Waals surface area contributed by atoms with E-state index in [-0.39, 0.29) is 11.4 Å². The van der Waals surface area contributed by atoms with Crippen LogP contribution >= 0.6 is 0 Å². The largest absolute Gasteiger partial charge is 0.473 e. The molecular formula is C17H17FN2O. The number of rotatable bonds is 4. The highest BCUT2D eigenvalue weighted by molar-refractivity contribution is 5.41. The molecule has 2 aliphatic rings. The smallest absolute Gasteiger partial charge is 0.218 e. The summed E-state index contributed by atoms with van der Waals surface area (Å²) in [6.07, 6.45) is 3.43. The molecule has 0 radical (unpaired) electrons. The quantitative estimate of drug-likeness (QED) is 0.937. The second kappa shape index (κ2) is 4.81. The standard InChI is InChI=1S/C17H17FN2O/c18-14-8-15(17-9-13(17)6-7-20-17)16(19-10-14)21-11-12-4-2-1-3-5-12/h1-5,8,10,13,20H,6-7,9,11H2. The maximum atomic E-state index is 13.6. The predicted octanol–water partition coefficient (Wildman–Crippen LogP) is 3.01. The van der Waals surface area contributed by atoms with Crippen molar-refractivity contribution in [2.24, 2.45) is 5.92 Å². The van der Waals surface area contributed by atoms with Gasteiger partial charge in [-0.1, -0.05) is 30.3 Å². The molecule has 1 saturated carbocycles. The third kappa shape index (κ3) is 2.20. The summed E-state index contributed by atoms with van der Waals surface area (Å²) in [4.78, 5) is 4.17. The molecule has 1 saturated heterocycles. The number of piperidine rings is 1. The molecule has 2 unspecified atom stereocenters. The molecule has 1 aromatic carbocycles. The molecule has 0 bridgehead atoms. The zero-order valence-corrected chi connectivity index (χ0v) is 11.7. The van der Waals surface area contributed by atoms with Crippen LogP contribution in [0.1, 0.15) is 24.0 Å². The van der Waals surface area contributed by atoms with E-state index in [0.717, 1.165) is 30.5 Å². The fraction of sp³-hybridized carbons (Fsp3) is 0.353. The first-order valence-corrected chi connectivity index (χ1v) is 7.36. The Morgan fingerprint density at radius 1 is 1.33 bits per heavy atom. The molecular weight excluding hydrogens is 267 g/mol. The first kappa shape index (κ1) is 12.8. The highest BCUT2D eigenvalue weighted by atomic mass is 19.1. The monoisotopic (exact) mass is 284 g/mol. The van der Waals surface area contributed by atoms with Crippen LogP contribution in [-0.2, 0) is 12.1 Å². The van der Waals surface area contributed by atoms with Gasteiger partial charge in [-0.3, -0.25) is 0 Å². The van der Waals surface area contributed by atoms with Gasteiger partial charge in [0, 0.05) is 5.56 Å². The van der Waals surface area contributed by atoms with Crippen molar-refractivity contribution in [3.05, 3.63) is 59.5 Å². The minimum absolute atomic E-state index is 0.0961. The molecule has 1 aliphatic heterocycles. The van der Waals surface area contributed by atoms with Crippen LogP contribution in [0.3, 0.4) is 0 Å². The van der Waals surface area contributed by atoms with Gasteiger partial charge in [0.05, 0.1) is 11.7 Å². The Kier molecular flexibility index (Phi) is 2.93. The van der Waals surface area contributed by atoms with Gasteiger partial charge < -0.3 is 10.1 Å². The van der Waals surface area contributed by atoms with Crippen molar-refractivity contribution in [3.63, 3.8) is 0 Å². The number of pyridine rings is 1. The van der Waals surface area contributed by atoms with E-state index in [1.165, 1.54) is 6.20 Å². The first-order chi connectivity index (χ1) is 10.3. The van der Waals surface area contributed by atoms with Crippen LogP contribution in [0.15, 0.2) is 42.6 Å². The number of nitrogens with zero attached hydrogens (tertiary/aromatic N) is 1. The third-order valence-electron chi connectivity index (χ3n) is 4.56. The van der Waals surface area contributed by atoms with E-state index in [0.29, 0.717) is 18.4 Å². The average Bonchev–Trinajstić information content (AvgIpc) is 3.08. The third-order valence-corrected chi connectivity index (χ3v) is 4.56. The van der Waals surface area contributed by atoms with E-state index in [1.54, 1.807) is 6.07 Å². The molecule has 0 amide bonds. The Labute approximate surface area is 123 Å². The fourth-order valence-electron chi connectivity index (χ4n) is 3.38. The van der Waals surface area contributed by atoms with Crippen molar-refractivity contribution in [2.75, 3.05) is 6.54 Å². The lowest BCUT2D eigenvalue weighted by Gasteiger charge is -2.18. The van der Waals surface area contributed by atoms with Crippen molar-refractivity contribution >= 4 is 0 Å². The number of ether oxygens (including phenoxy) is 1. The molecule has 108 valence electrons. The van der Waals surface area contributed by atoms with E-state index in [1.807, 2.05) is 30.3 Å². The predicted molar refractivity (Wildman–Crippen MR) is 77.4 cm³/mol. The summed E-state index contributed by atoms with van der Waals surface area (Å²) < 4.78 is 19.5. The minimum Gasteiger partial charge on any atom is -0.473 e. The molecule has 4 rings (SSSR count). The number of aromatic nitrogens is 1. The van der Waals surface area contributed by atoms with E-state index in [2.05, 4.69) is 10.3 Å². The van der Waals surface area contributed by atoms with Crippen molar-refractivity contribution < 1.29 is 9.13 Å². The van der Waals surface area contributed by atoms with Gasteiger partial charge in [0.1, 0.15) is 12.4 Å². The van der Waals surface area contributed by atoms with E-state index >= 15 is 0 Å². The average molecular weight is 284 g/mol. The number of hydrogen-bond donors (Lipinski definition) is 1. The van der Waals surface area contributed by atoms with Crippen LogP contribution < -0.4 is 10.1 Å². The SMILES string of the molecule is Fc1cnc(OCc2ccccc2)c(C23CC2CCN3)c1. The van der Waals surface area contributed by atoms with Crippen LogP contribution in [0.5, 0.6) is 5.88 Å². The summed E-state index contributed by atoms with van der Waals surface area (Å²) in [6, 6.07) is 11.5. The van der Waals surface area contributed by atoms with Crippen LogP contribution in [0, 0.1) is 11.7 Å². The number of halogens is 1. The molecule has 2 heterocycles. The summed E-state index contributed by atoms with van der Waals surface area (Å²) in [5.74, 6) is 0.850. The summed E-state index contributed by atoms with van der Waals surface area (Å²) in [5, 5.41) is 3.50. The van der Waals surface area contributed by atoms with Crippen molar-refractivity contribution in [1.29, 1.82) is 0 Å². The lowest BCUT2D eigenvalue weighted by molar-refractivity contribution is 0.284. The molecule has 4 heteroatoms. The van der Waals surface area contributed by atoms with Crippen LogP contribution in [0.4, 0.5) is 4.39 Å². The fourth-order valence-corrected chi connectivity index (χ4v) is 3.38. The van der Waals surface area contributed by atoms with Gasteiger partial charge in [0.2, 0.25) is 5.88 Å². The maximum Gasteiger partial charge on any atom is 0.218 e. The highest BCUT2D eigenvalue weighted by Gasteiger charge is 2.59. The molecule has 2 fully saturated rings. The Morgan fingerprint density at radius 2 is 2.19 bits per heavy atom. The molecule has 0 spiro atoms. The van der Waals surface area contributed by atoms with Gasteiger partial charge in [0.15, 0.2) is 0 Å². The zero-order chi connectivity index (χ0) is 14.3. The molecule has 1 N–H and O–H groups in total. The van der Waals surface area contributed by atoms with E-state index < -0.39 is 0 Å². The second-order valence-corrected chi connectivity index (χ2v) is 5.87. The van der Waals surface area contributed by atoms with Crippen LogP contribution in [0.25, 0.3) is 0 Å². The molecule has 1 aliphatic carbocycles. The van der Waals surface area contributed by atoms with Crippen molar-refractivity contribution in [1.82, 2.24) is 10.3 Å². The van der Waals surface area contributed by atoms with Gasteiger partial charge in [-0.25, -0.2) is 9.37 Å². The van der Waals surface area contributed by atoms with E-state index in [9.17, 15) is 4.39 Å². The first-order valence-electron chi connectivity index (χ1n) is 7.36. The molecule has 2 aromatic rings. The molecule has 3 nitrogen and oxygen atoms in total. The Hall–Kier alpha value is -1.94. The van der Waals surface area contributed by atoms with Crippen LogP contribution in [-0.4, -0.2) is 11.5 Å². The molecule has 21 heavy (non-hydrogen) atoms. The molecule has 2 atom stereocenters. The summed E-state index contributed by atoms with van der Waals surface area (Å²) in [7, 11) is 0. The molecule has 1 aromatic heterocycles. The van der Waals surface area contributed by atoms with E-state index in [4.69, 9.17) is 4.74 Å². The second-order valence-electron chi connectivity index (χ2n) is 5.87. The normalized spacial score (nSPS) is 26.4. The van der Waals surface area contributed by atoms with Gasteiger partial charge in [-0.2, -0.15) is 0 Å². The van der Waals surface area contributed by atoms with Crippen molar-refractivity contribution in [3.8, 4) is 5.88 Å². The van der Waals surface area contributed by atoms with Gasteiger partial charge in [-0.05, 0) is 36.9 Å². The lowest BCUT2D eigenvalue weighted by atomic mass is 10.1. The lowest BCUT2D eigenvalue weighted by Crippen LogP contribution is -2.26. The van der Waals surface area contributed by atoms with Crippen molar-refractivity contribution in [2.45, 2.75) is 25.0 Å². The van der Waals surface area contributed by atoms with Gasteiger partial charge >= 0.3 is 0 Å². The number of benzene rings is 1. The number of hydrogen-bond acceptors (Lipinski definition) is 3. The Morgan fingerprint density at radius 3 is 2.90 bits per heavy atom. The zero-order valence-electron chi connectivity index (χ0n) is 11.7. The van der Waals surface area contributed by atoms with Gasteiger partial charge in [0.25, 0.3) is 0 Å². The van der Waals surface area contributed by atoms with Crippen LogP contribution in [0.2, 0.25) is 0 Å². The summed E-state index contributed by atoms with van der Waals surface area (Å²) >= 11 is 0.